The summed E-state index contributed by atoms with van der Waals surface area (Å²) >= 11 is 0. The maximum atomic E-state index is 14.0. The number of carbonyl (C=O) groups excluding carboxylic acids is 3. The predicted molar refractivity (Wildman–Crippen MR) is 164 cm³/mol. The van der Waals surface area contributed by atoms with Crippen LogP contribution in [0, 0.1) is 12.3 Å². The van der Waals surface area contributed by atoms with Gasteiger partial charge in [-0.25, -0.2) is 4.79 Å². The Labute approximate surface area is 250 Å². The van der Waals surface area contributed by atoms with Crippen molar-refractivity contribution < 1.29 is 29.0 Å². The number of amides is 3. The second-order valence-electron chi connectivity index (χ2n) is 11.0. The molecule has 0 saturated carbocycles. The molecule has 3 amide bonds. The number of hydrogen-bond acceptors (Lipinski definition) is 6. The molecular weight excluding hydrogens is 534 g/mol. The lowest BCUT2D eigenvalue weighted by atomic mass is 9.97. The summed E-state index contributed by atoms with van der Waals surface area (Å²) in [5, 5.41) is 15.5. The highest BCUT2D eigenvalue weighted by Gasteiger charge is 2.37. The topological polar surface area (TPSA) is 117 Å². The molecular formula is C33H45N3O6. The molecule has 0 radical (unpaired) electrons. The molecule has 0 bridgehead atoms. The molecule has 0 spiro atoms. The number of aliphatic hydroxyl groups excluding tert-OH is 1. The fourth-order valence-electron chi connectivity index (χ4n) is 4.47. The molecule has 9 heteroatoms. The van der Waals surface area contributed by atoms with Gasteiger partial charge in [-0.15, -0.1) is 6.42 Å². The monoisotopic (exact) mass is 579 g/mol. The molecule has 0 aromatic heterocycles. The molecule has 0 heterocycles. The van der Waals surface area contributed by atoms with Crippen LogP contribution in [0.25, 0.3) is 0 Å². The zero-order valence-corrected chi connectivity index (χ0v) is 25.4. The van der Waals surface area contributed by atoms with Crippen molar-refractivity contribution in [3.8, 4) is 18.1 Å². The average Bonchev–Trinajstić information content (AvgIpc) is 2.96. The SMILES string of the molecule is C#Cc1ccccc1C(C(=O)Nc1ccc(OC)cc1)N(CCCCCCCC)C(=O)C(CO)NC(=O)OC(C)(C)C. The van der Waals surface area contributed by atoms with Gasteiger partial charge in [-0.2, -0.15) is 0 Å². The second-order valence-corrected chi connectivity index (χ2v) is 11.0. The van der Waals surface area contributed by atoms with Gasteiger partial charge < -0.3 is 30.1 Å². The minimum atomic E-state index is -1.34. The van der Waals surface area contributed by atoms with Crippen LogP contribution in [-0.4, -0.2) is 59.8 Å². The van der Waals surface area contributed by atoms with E-state index >= 15 is 0 Å². The van der Waals surface area contributed by atoms with Gasteiger partial charge in [0.2, 0.25) is 5.91 Å². The molecule has 0 aliphatic carbocycles. The van der Waals surface area contributed by atoms with Gasteiger partial charge in [0.15, 0.2) is 0 Å². The van der Waals surface area contributed by atoms with Crippen LogP contribution in [0.3, 0.4) is 0 Å². The first kappa shape index (κ1) is 34.2. The van der Waals surface area contributed by atoms with Crippen molar-refractivity contribution in [2.45, 2.75) is 83.9 Å². The fraction of sp³-hybridized carbons (Fsp3) is 0.485. The summed E-state index contributed by atoms with van der Waals surface area (Å²) in [7, 11) is 1.55. The van der Waals surface area contributed by atoms with Crippen molar-refractivity contribution in [3.05, 3.63) is 59.7 Å². The number of alkyl carbamates (subject to hydrolysis) is 1. The fourth-order valence-corrected chi connectivity index (χ4v) is 4.47. The van der Waals surface area contributed by atoms with Crippen LogP contribution in [0.1, 0.15) is 83.4 Å². The van der Waals surface area contributed by atoms with Crippen molar-refractivity contribution in [2.24, 2.45) is 0 Å². The van der Waals surface area contributed by atoms with E-state index in [1.165, 1.54) is 4.90 Å². The van der Waals surface area contributed by atoms with E-state index in [1.807, 2.05) is 0 Å². The van der Waals surface area contributed by atoms with E-state index in [4.69, 9.17) is 15.9 Å². The first-order chi connectivity index (χ1) is 20.0. The molecule has 42 heavy (non-hydrogen) atoms. The van der Waals surface area contributed by atoms with Crippen molar-refractivity contribution >= 4 is 23.6 Å². The van der Waals surface area contributed by atoms with E-state index in [1.54, 1.807) is 76.4 Å². The van der Waals surface area contributed by atoms with Crippen LogP contribution in [-0.2, 0) is 14.3 Å². The third-order valence-corrected chi connectivity index (χ3v) is 6.54. The third kappa shape index (κ3) is 10.7. The van der Waals surface area contributed by atoms with Crippen LogP contribution >= 0.6 is 0 Å². The Hall–Kier alpha value is -4.03. The van der Waals surface area contributed by atoms with Gasteiger partial charge >= 0.3 is 6.09 Å². The minimum absolute atomic E-state index is 0.205. The van der Waals surface area contributed by atoms with E-state index in [0.717, 1.165) is 32.1 Å². The van der Waals surface area contributed by atoms with Gasteiger partial charge in [0, 0.05) is 17.8 Å². The van der Waals surface area contributed by atoms with E-state index < -0.39 is 42.2 Å². The molecule has 0 fully saturated rings. The molecule has 0 aliphatic rings. The quantitative estimate of drug-likeness (QED) is 0.191. The first-order valence-electron chi connectivity index (χ1n) is 14.5. The molecule has 2 aromatic carbocycles. The van der Waals surface area contributed by atoms with Crippen LogP contribution < -0.4 is 15.4 Å². The van der Waals surface area contributed by atoms with E-state index in [0.29, 0.717) is 29.0 Å². The number of terminal acetylenes is 1. The normalized spacial score (nSPS) is 12.4. The minimum Gasteiger partial charge on any atom is -0.497 e. The number of methoxy groups -OCH3 is 1. The lowest BCUT2D eigenvalue weighted by Gasteiger charge is -2.34. The first-order valence-corrected chi connectivity index (χ1v) is 14.5. The number of nitrogens with zero attached hydrogens (tertiary/aromatic N) is 1. The Balaban J connectivity index is 2.50. The summed E-state index contributed by atoms with van der Waals surface area (Å²) in [5.41, 5.74) is 0.604. The molecule has 2 rings (SSSR count). The predicted octanol–water partition coefficient (Wildman–Crippen LogP) is 5.43. The number of nitrogens with one attached hydrogen (secondary N) is 2. The number of carbonyl (C=O) groups is 3. The van der Waals surface area contributed by atoms with Gasteiger partial charge in [-0.3, -0.25) is 9.59 Å². The summed E-state index contributed by atoms with van der Waals surface area (Å²) in [6.07, 6.45) is 10.7. The molecule has 9 nitrogen and oxygen atoms in total. The number of benzene rings is 2. The van der Waals surface area contributed by atoms with Crippen molar-refractivity contribution in [1.82, 2.24) is 10.2 Å². The van der Waals surface area contributed by atoms with Gasteiger partial charge in [0.25, 0.3) is 5.91 Å². The van der Waals surface area contributed by atoms with E-state index in [-0.39, 0.29) is 6.54 Å². The standard InChI is InChI=1S/C33H45N3O6/c1-7-9-10-11-12-15-22-36(31(39)28(23-37)35-32(40)42-33(3,4)5)29(27-17-14-13-16-24(27)8-2)30(38)34-25-18-20-26(41-6)21-19-25/h2,13-14,16-21,28-29,37H,7,9-12,15,22-23H2,1,3-6H3,(H,34,38)(H,35,40). The Morgan fingerprint density at radius 1 is 1.00 bits per heavy atom. The summed E-state index contributed by atoms with van der Waals surface area (Å²) < 4.78 is 10.5. The molecule has 2 unspecified atom stereocenters. The summed E-state index contributed by atoms with van der Waals surface area (Å²) in [4.78, 5) is 42.0. The molecule has 0 saturated heterocycles. The molecule has 0 aliphatic heterocycles. The zero-order valence-electron chi connectivity index (χ0n) is 25.4. The van der Waals surface area contributed by atoms with Crippen LogP contribution in [0.2, 0.25) is 0 Å². The summed E-state index contributed by atoms with van der Waals surface area (Å²) in [6.45, 7) is 6.75. The maximum absolute atomic E-state index is 14.0. The van der Waals surface area contributed by atoms with Crippen molar-refractivity contribution in [1.29, 1.82) is 0 Å². The van der Waals surface area contributed by atoms with Gasteiger partial charge in [-0.05, 0) is 63.1 Å². The Morgan fingerprint density at radius 2 is 1.64 bits per heavy atom. The summed E-state index contributed by atoms with van der Waals surface area (Å²) in [6, 6.07) is 11.3. The smallest absolute Gasteiger partial charge is 0.408 e. The average molecular weight is 580 g/mol. The highest BCUT2D eigenvalue weighted by molar-refractivity contribution is 5.99. The second kappa shape index (κ2) is 17.0. The van der Waals surface area contributed by atoms with Gasteiger partial charge in [0.05, 0.1) is 13.7 Å². The number of ether oxygens (including phenoxy) is 2. The lowest BCUT2D eigenvalue weighted by molar-refractivity contribution is -0.141. The Kier molecular flexibility index (Phi) is 13.9. The van der Waals surface area contributed by atoms with Crippen LogP contribution in [0.15, 0.2) is 48.5 Å². The Bertz CT molecular complexity index is 1200. The number of aliphatic hydroxyl groups is 1. The van der Waals surface area contributed by atoms with E-state index in [2.05, 4.69) is 23.5 Å². The molecule has 2 atom stereocenters. The van der Waals surface area contributed by atoms with Crippen molar-refractivity contribution in [2.75, 3.05) is 25.6 Å². The number of unbranched alkanes of at least 4 members (excludes halogenated alkanes) is 5. The number of anilines is 1. The van der Waals surface area contributed by atoms with E-state index in [9.17, 15) is 19.5 Å². The van der Waals surface area contributed by atoms with Crippen LogP contribution in [0.5, 0.6) is 5.75 Å². The number of hydrogen-bond donors (Lipinski definition) is 3. The molecule has 228 valence electrons. The van der Waals surface area contributed by atoms with Gasteiger partial charge in [-0.1, -0.05) is 63.1 Å². The maximum Gasteiger partial charge on any atom is 0.408 e. The highest BCUT2D eigenvalue weighted by atomic mass is 16.6. The number of rotatable bonds is 15. The lowest BCUT2D eigenvalue weighted by Crippen LogP contribution is -2.54. The zero-order chi connectivity index (χ0) is 31.1. The highest BCUT2D eigenvalue weighted by Crippen LogP contribution is 2.28. The third-order valence-electron chi connectivity index (χ3n) is 6.54. The Morgan fingerprint density at radius 3 is 2.24 bits per heavy atom. The molecule has 3 N–H and O–H groups in total. The van der Waals surface area contributed by atoms with Gasteiger partial charge in [0.1, 0.15) is 23.4 Å². The largest absolute Gasteiger partial charge is 0.497 e. The summed E-state index contributed by atoms with van der Waals surface area (Å²) in [5.74, 6) is 2.13. The van der Waals surface area contributed by atoms with Crippen LogP contribution in [0.4, 0.5) is 10.5 Å². The molecule has 2 aromatic rings. The van der Waals surface area contributed by atoms with Crippen molar-refractivity contribution in [3.63, 3.8) is 0 Å².